The summed E-state index contributed by atoms with van der Waals surface area (Å²) in [7, 11) is 0. The number of benzene rings is 5. The summed E-state index contributed by atoms with van der Waals surface area (Å²) in [5.74, 6) is 0. The second-order valence-electron chi connectivity index (χ2n) is 9.90. The molecular weight excluding hydrogens is 626 g/mol. The van der Waals surface area contributed by atoms with E-state index >= 15 is 0 Å². The summed E-state index contributed by atoms with van der Waals surface area (Å²) in [5.41, 5.74) is 8.97. The molecule has 0 amide bonds. The van der Waals surface area contributed by atoms with Crippen molar-refractivity contribution in [1.29, 1.82) is 0 Å². The van der Waals surface area contributed by atoms with Crippen molar-refractivity contribution < 1.29 is 32.7 Å². The predicted octanol–water partition coefficient (Wildman–Crippen LogP) is 10.9. The molecule has 0 unspecified atom stereocenters. The molecular formula is C39H35F2SiZr-3. The molecule has 0 aliphatic rings. The van der Waals surface area contributed by atoms with Gasteiger partial charge >= 0.3 is 30.2 Å². The van der Waals surface area contributed by atoms with Gasteiger partial charge in [0.2, 0.25) is 0 Å². The molecule has 7 aromatic rings. The quantitative estimate of drug-likeness (QED) is 0.128. The van der Waals surface area contributed by atoms with Gasteiger partial charge in [0.1, 0.15) is 0 Å². The van der Waals surface area contributed by atoms with Crippen LogP contribution in [0.5, 0.6) is 0 Å². The number of rotatable bonds is 2. The van der Waals surface area contributed by atoms with Gasteiger partial charge in [-0.15, -0.1) is 81.2 Å². The Morgan fingerprint density at radius 1 is 0.488 bits per heavy atom. The van der Waals surface area contributed by atoms with Crippen molar-refractivity contribution in [3.05, 3.63) is 175 Å². The molecule has 7 rings (SSSR count). The topological polar surface area (TPSA) is 0 Å². The van der Waals surface area contributed by atoms with Gasteiger partial charge in [-0.05, 0) is 11.1 Å². The molecule has 0 atom stereocenters. The van der Waals surface area contributed by atoms with Crippen molar-refractivity contribution >= 4 is 28.4 Å². The first-order valence-electron chi connectivity index (χ1n) is 13.6. The first-order valence-corrected chi connectivity index (χ1v) is 17.8. The Labute approximate surface area is 271 Å². The Kier molecular flexibility index (Phi) is 14.8. The van der Waals surface area contributed by atoms with E-state index in [-0.39, 0.29) is 9.41 Å². The van der Waals surface area contributed by atoms with Crippen LogP contribution in [0, 0.1) is 20.8 Å². The maximum atomic E-state index is 3.72. The molecule has 0 bridgehead atoms. The van der Waals surface area contributed by atoms with Crippen LogP contribution in [0.3, 0.4) is 0 Å². The molecule has 4 heteroatoms. The van der Waals surface area contributed by atoms with Gasteiger partial charge in [0.05, 0.1) is 0 Å². The summed E-state index contributed by atoms with van der Waals surface area (Å²) >= 11 is 1.36. The predicted molar refractivity (Wildman–Crippen MR) is 181 cm³/mol. The Morgan fingerprint density at radius 2 is 0.837 bits per heavy atom. The summed E-state index contributed by atoms with van der Waals surface area (Å²) in [6.45, 7) is 11.1. The van der Waals surface area contributed by atoms with Crippen LogP contribution in [0.4, 0.5) is 9.41 Å². The van der Waals surface area contributed by atoms with Crippen LogP contribution in [0.2, 0.25) is 0 Å². The zero-order valence-electron chi connectivity index (χ0n) is 24.5. The fraction of sp³-hybridized carbons (Fsp3) is 0.0513. The van der Waals surface area contributed by atoms with E-state index in [1.807, 2.05) is 30.3 Å². The van der Waals surface area contributed by atoms with E-state index in [1.54, 1.807) is 0 Å². The van der Waals surface area contributed by atoms with Gasteiger partial charge in [0, 0.05) is 0 Å². The van der Waals surface area contributed by atoms with E-state index in [1.165, 1.54) is 78.3 Å². The third-order valence-corrected chi connectivity index (χ3v) is 6.80. The van der Waals surface area contributed by atoms with Gasteiger partial charge < -0.3 is 0 Å². The molecule has 0 aliphatic heterocycles. The van der Waals surface area contributed by atoms with Crippen molar-refractivity contribution in [1.82, 2.24) is 0 Å². The zero-order chi connectivity index (χ0) is 29.0. The second kappa shape index (κ2) is 18.0. The molecule has 0 aliphatic carbocycles. The standard InChI is InChI=1S/2C16H13.C7H7.2FH.Si.Zr/c2*1-12-10-14-8-5-9-15(16(14)11-12)13-6-3-2-4-7-13;1-7-5-3-2-4-6-7;;;;/h2*2-11H,1H3;2-6H,1H2;2*1H;;/q3*-1;;;;. The van der Waals surface area contributed by atoms with Gasteiger partial charge in [-0.3, -0.25) is 9.41 Å². The normalized spacial score (nSPS) is 9.51. The van der Waals surface area contributed by atoms with Crippen LogP contribution in [-0.2, 0) is 23.3 Å². The van der Waals surface area contributed by atoms with Crippen molar-refractivity contribution in [3.8, 4) is 22.3 Å². The number of fused-ring (bicyclic) bond motifs is 2. The molecule has 216 valence electrons. The van der Waals surface area contributed by atoms with Gasteiger partial charge in [0.25, 0.3) is 0 Å². The molecule has 0 fully saturated rings. The van der Waals surface area contributed by atoms with Gasteiger partial charge in [-0.2, -0.15) is 36.8 Å². The van der Waals surface area contributed by atoms with Crippen LogP contribution < -0.4 is 0 Å². The van der Waals surface area contributed by atoms with Crippen LogP contribution in [0.25, 0.3) is 43.8 Å². The fourth-order valence-electron chi connectivity index (χ4n) is 4.99. The summed E-state index contributed by atoms with van der Waals surface area (Å²) < 4.78 is 0. The third kappa shape index (κ3) is 9.58. The van der Waals surface area contributed by atoms with Crippen LogP contribution >= 0.6 is 0 Å². The maximum absolute atomic E-state index is 3.72. The molecule has 0 aromatic heterocycles. The third-order valence-electron chi connectivity index (χ3n) is 6.80. The average Bonchev–Trinajstić information content (AvgIpc) is 3.60. The number of aryl methyl sites for hydroxylation is 2. The van der Waals surface area contributed by atoms with Crippen molar-refractivity contribution in [3.63, 3.8) is 0 Å². The van der Waals surface area contributed by atoms with Crippen molar-refractivity contribution in [2.45, 2.75) is 13.8 Å². The molecule has 7 aromatic carbocycles. The Balaban J connectivity index is 0.000000228. The number of halogens is 2. The van der Waals surface area contributed by atoms with Crippen LogP contribution in [-0.4, -0.2) is 6.88 Å². The van der Waals surface area contributed by atoms with E-state index < -0.39 is 0 Å². The SMILES string of the molecule is Cc1cc2c(-c3ccccc3)cccc2[cH-]1.Cc1cc2c(-c3ccccc3)cccc2[cH-]1.F.F.[CH2-]c1ccccc1.[Si]=[Zr]. The summed E-state index contributed by atoms with van der Waals surface area (Å²) in [4.78, 5) is 0. The Morgan fingerprint density at radius 3 is 1.16 bits per heavy atom. The number of hydrogen-bond donors (Lipinski definition) is 0. The molecule has 0 spiro atoms. The minimum atomic E-state index is 0. The molecule has 0 saturated heterocycles. The molecule has 43 heavy (non-hydrogen) atoms. The van der Waals surface area contributed by atoms with E-state index in [0.717, 1.165) is 5.56 Å². The van der Waals surface area contributed by atoms with Crippen LogP contribution in [0.15, 0.2) is 152 Å². The van der Waals surface area contributed by atoms with E-state index in [2.05, 4.69) is 149 Å². The molecule has 0 nitrogen and oxygen atoms in total. The number of hydrogen-bond acceptors (Lipinski definition) is 0. The second-order valence-corrected chi connectivity index (χ2v) is 9.90. The van der Waals surface area contributed by atoms with E-state index in [0.29, 0.717) is 0 Å². The summed E-state index contributed by atoms with van der Waals surface area (Å²) in [6, 6.07) is 53.0. The zero-order valence-corrected chi connectivity index (χ0v) is 27.9. The van der Waals surface area contributed by atoms with Gasteiger partial charge in [0.15, 0.2) is 0 Å². The Hall–Kier alpha value is -3.85. The summed E-state index contributed by atoms with van der Waals surface area (Å²) in [5, 5.41) is 5.37. The molecule has 0 heterocycles. The minimum absolute atomic E-state index is 0. The molecule has 2 radical (unpaired) electrons. The van der Waals surface area contributed by atoms with Gasteiger partial charge in [-0.1, -0.05) is 104 Å². The first-order chi connectivity index (χ1) is 20.1. The van der Waals surface area contributed by atoms with Crippen molar-refractivity contribution in [2.75, 3.05) is 0 Å². The van der Waals surface area contributed by atoms with E-state index in [9.17, 15) is 0 Å². The van der Waals surface area contributed by atoms with Crippen molar-refractivity contribution in [2.24, 2.45) is 0 Å². The Bertz CT molecular complexity index is 1670. The first kappa shape index (κ1) is 35.3. The van der Waals surface area contributed by atoms with E-state index in [4.69, 9.17) is 0 Å². The van der Waals surface area contributed by atoms with Crippen LogP contribution in [0.1, 0.15) is 16.7 Å². The molecule has 0 saturated carbocycles. The monoisotopic (exact) mass is 659 g/mol. The molecule has 0 N–H and O–H groups in total. The van der Waals surface area contributed by atoms with Gasteiger partial charge in [-0.25, -0.2) is 0 Å². The average molecular weight is 661 g/mol. The summed E-state index contributed by atoms with van der Waals surface area (Å²) in [6.07, 6.45) is 0. The fourth-order valence-corrected chi connectivity index (χ4v) is 4.99.